The third-order valence-corrected chi connectivity index (χ3v) is 3.82. The highest BCUT2D eigenvalue weighted by molar-refractivity contribution is 7.07. The molecular formula is C15H13N3OS. The second kappa shape index (κ2) is 5.30. The van der Waals surface area contributed by atoms with Crippen LogP contribution in [0.4, 0.5) is 0 Å². The van der Waals surface area contributed by atoms with Gasteiger partial charge in [0.25, 0.3) is 5.91 Å². The summed E-state index contributed by atoms with van der Waals surface area (Å²) in [4.78, 5) is 16.9. The molecule has 0 bridgehead atoms. The first-order chi connectivity index (χ1) is 9.74. The molecule has 0 aliphatic heterocycles. The van der Waals surface area contributed by atoms with Crippen molar-refractivity contribution >= 4 is 17.2 Å². The summed E-state index contributed by atoms with van der Waals surface area (Å²) >= 11 is 1.45. The average molecular weight is 283 g/mol. The Bertz CT molecular complexity index is 779. The van der Waals surface area contributed by atoms with Crippen molar-refractivity contribution in [1.29, 1.82) is 0 Å². The number of aryl methyl sites for hydroxylation is 1. The average Bonchev–Trinajstić information content (AvgIpc) is 3.12. The molecule has 0 atom stereocenters. The van der Waals surface area contributed by atoms with E-state index in [9.17, 15) is 4.79 Å². The molecule has 2 heterocycles. The van der Waals surface area contributed by atoms with Gasteiger partial charge >= 0.3 is 0 Å². The van der Waals surface area contributed by atoms with Gasteiger partial charge in [-0.25, -0.2) is 0 Å². The van der Waals surface area contributed by atoms with Crippen LogP contribution in [0.1, 0.15) is 10.4 Å². The number of nitrogens with zero attached hydrogens (tertiary/aromatic N) is 3. The Morgan fingerprint density at radius 2 is 1.80 bits per heavy atom. The lowest BCUT2D eigenvalue weighted by Gasteiger charge is -2.03. The van der Waals surface area contributed by atoms with E-state index in [-0.39, 0.29) is 5.91 Å². The predicted molar refractivity (Wildman–Crippen MR) is 79.0 cm³/mol. The molecule has 0 unspecified atom stereocenters. The van der Waals surface area contributed by atoms with E-state index < -0.39 is 0 Å². The Morgan fingerprint density at radius 1 is 1.10 bits per heavy atom. The summed E-state index contributed by atoms with van der Waals surface area (Å²) in [5, 5.41) is 1.90. The minimum absolute atomic E-state index is 0.220. The summed E-state index contributed by atoms with van der Waals surface area (Å²) in [5.41, 5.74) is 1.61. The molecule has 0 aliphatic rings. The van der Waals surface area contributed by atoms with Crippen molar-refractivity contribution in [1.82, 2.24) is 9.13 Å². The lowest BCUT2D eigenvalue weighted by atomic mass is 10.2. The second-order valence-corrected chi connectivity index (χ2v) is 5.22. The number of amides is 1. The van der Waals surface area contributed by atoms with Gasteiger partial charge < -0.3 is 9.13 Å². The summed E-state index contributed by atoms with van der Waals surface area (Å²) < 4.78 is 3.82. The molecule has 3 rings (SSSR count). The normalized spacial score (nSPS) is 11.8. The number of thiazole rings is 1. The summed E-state index contributed by atoms with van der Waals surface area (Å²) in [7, 11) is 1.87. The Balaban J connectivity index is 1.89. The molecule has 1 amide bonds. The number of aromatic nitrogens is 2. The molecule has 0 radical (unpaired) electrons. The number of carbonyl (C=O) groups excluding carboxylic acids is 1. The van der Waals surface area contributed by atoms with E-state index in [1.165, 1.54) is 11.3 Å². The zero-order chi connectivity index (χ0) is 13.9. The van der Waals surface area contributed by atoms with Gasteiger partial charge in [-0.2, -0.15) is 4.99 Å². The van der Waals surface area contributed by atoms with Gasteiger partial charge in [-0.3, -0.25) is 4.79 Å². The van der Waals surface area contributed by atoms with Crippen LogP contribution in [0.25, 0.3) is 5.69 Å². The molecule has 20 heavy (non-hydrogen) atoms. The maximum absolute atomic E-state index is 12.1. The maximum Gasteiger partial charge on any atom is 0.279 e. The van der Waals surface area contributed by atoms with Gasteiger partial charge in [0.05, 0.1) is 0 Å². The first-order valence-corrected chi connectivity index (χ1v) is 7.04. The van der Waals surface area contributed by atoms with Crippen LogP contribution in [-0.4, -0.2) is 15.0 Å². The van der Waals surface area contributed by atoms with E-state index in [1.54, 1.807) is 12.1 Å². The smallest absolute Gasteiger partial charge is 0.279 e. The molecule has 0 spiro atoms. The zero-order valence-electron chi connectivity index (χ0n) is 10.9. The van der Waals surface area contributed by atoms with Gasteiger partial charge in [-0.15, -0.1) is 11.3 Å². The fourth-order valence-electron chi connectivity index (χ4n) is 1.87. The van der Waals surface area contributed by atoms with Crippen LogP contribution in [0.2, 0.25) is 0 Å². The lowest BCUT2D eigenvalue weighted by molar-refractivity contribution is 0.0998. The highest BCUT2D eigenvalue weighted by atomic mass is 32.1. The topological polar surface area (TPSA) is 39.3 Å². The number of hydrogen-bond acceptors (Lipinski definition) is 2. The second-order valence-electron chi connectivity index (χ2n) is 4.35. The minimum atomic E-state index is -0.220. The number of hydrogen-bond donors (Lipinski definition) is 0. The highest BCUT2D eigenvalue weighted by Crippen LogP contribution is 2.10. The summed E-state index contributed by atoms with van der Waals surface area (Å²) in [5.74, 6) is -0.220. The molecule has 0 aliphatic carbocycles. The van der Waals surface area contributed by atoms with E-state index in [0.29, 0.717) is 10.4 Å². The van der Waals surface area contributed by atoms with E-state index in [1.807, 2.05) is 64.4 Å². The van der Waals surface area contributed by atoms with Crippen LogP contribution in [-0.2, 0) is 7.05 Å². The Kier molecular flexibility index (Phi) is 3.35. The molecule has 1 aromatic carbocycles. The zero-order valence-corrected chi connectivity index (χ0v) is 11.7. The Morgan fingerprint density at radius 3 is 2.40 bits per heavy atom. The molecule has 0 saturated carbocycles. The van der Waals surface area contributed by atoms with E-state index in [4.69, 9.17) is 0 Å². The van der Waals surface area contributed by atoms with Crippen molar-refractivity contribution < 1.29 is 4.79 Å². The first kappa shape index (κ1) is 12.6. The SMILES string of the molecule is Cn1ccsc1=NC(=O)c1ccc(-n2cccc2)cc1. The summed E-state index contributed by atoms with van der Waals surface area (Å²) in [6.45, 7) is 0. The van der Waals surface area contributed by atoms with Gasteiger partial charge in [-0.05, 0) is 36.4 Å². The van der Waals surface area contributed by atoms with Gasteiger partial charge in [0.2, 0.25) is 0 Å². The van der Waals surface area contributed by atoms with Crippen LogP contribution in [0.5, 0.6) is 0 Å². The third-order valence-electron chi connectivity index (χ3n) is 2.97. The van der Waals surface area contributed by atoms with Gasteiger partial charge in [-0.1, -0.05) is 0 Å². The highest BCUT2D eigenvalue weighted by Gasteiger charge is 2.04. The lowest BCUT2D eigenvalue weighted by Crippen LogP contribution is -2.12. The standard InChI is InChI=1S/C15H13N3OS/c1-17-10-11-20-15(17)16-14(19)12-4-6-13(7-5-12)18-8-2-3-9-18/h2-11H,1H3. The van der Waals surface area contributed by atoms with Gasteiger partial charge in [0, 0.05) is 42.3 Å². The van der Waals surface area contributed by atoms with Crippen LogP contribution in [0.3, 0.4) is 0 Å². The fourth-order valence-corrected chi connectivity index (χ4v) is 2.60. The fraction of sp³-hybridized carbons (Fsp3) is 0.0667. The van der Waals surface area contributed by atoms with Crippen LogP contribution >= 0.6 is 11.3 Å². The van der Waals surface area contributed by atoms with Crippen LogP contribution < -0.4 is 4.80 Å². The van der Waals surface area contributed by atoms with Crippen LogP contribution in [0.15, 0.2) is 65.4 Å². The van der Waals surface area contributed by atoms with Crippen molar-refractivity contribution in [2.45, 2.75) is 0 Å². The van der Waals surface area contributed by atoms with Gasteiger partial charge in [0.15, 0.2) is 4.80 Å². The van der Waals surface area contributed by atoms with E-state index in [0.717, 1.165) is 5.69 Å². The Labute approximate surface area is 120 Å². The first-order valence-electron chi connectivity index (χ1n) is 6.16. The molecule has 0 N–H and O–H groups in total. The van der Waals surface area contributed by atoms with Gasteiger partial charge in [0.1, 0.15) is 0 Å². The van der Waals surface area contributed by atoms with Crippen molar-refractivity contribution in [3.05, 3.63) is 70.7 Å². The summed E-state index contributed by atoms with van der Waals surface area (Å²) in [6, 6.07) is 11.4. The van der Waals surface area contributed by atoms with Crippen molar-refractivity contribution in [3.63, 3.8) is 0 Å². The minimum Gasteiger partial charge on any atom is -0.327 e. The molecular weight excluding hydrogens is 270 g/mol. The Hall–Kier alpha value is -2.40. The molecule has 2 aromatic heterocycles. The number of benzene rings is 1. The van der Waals surface area contributed by atoms with Crippen molar-refractivity contribution in [2.24, 2.45) is 12.0 Å². The number of rotatable bonds is 2. The molecule has 5 heteroatoms. The van der Waals surface area contributed by atoms with Crippen molar-refractivity contribution in [2.75, 3.05) is 0 Å². The van der Waals surface area contributed by atoms with E-state index >= 15 is 0 Å². The number of carbonyl (C=O) groups is 1. The quantitative estimate of drug-likeness (QED) is 0.712. The predicted octanol–water partition coefficient (Wildman–Crippen LogP) is 2.62. The monoisotopic (exact) mass is 283 g/mol. The maximum atomic E-state index is 12.1. The molecule has 0 saturated heterocycles. The third kappa shape index (κ3) is 2.48. The molecule has 100 valence electrons. The summed E-state index contributed by atoms with van der Waals surface area (Å²) in [6.07, 6.45) is 5.81. The van der Waals surface area contributed by atoms with E-state index in [2.05, 4.69) is 4.99 Å². The largest absolute Gasteiger partial charge is 0.327 e. The van der Waals surface area contributed by atoms with Crippen LogP contribution in [0, 0.1) is 0 Å². The molecule has 3 aromatic rings. The van der Waals surface area contributed by atoms with Crippen molar-refractivity contribution in [3.8, 4) is 5.69 Å². The molecule has 0 fully saturated rings. The molecule has 4 nitrogen and oxygen atoms in total.